The van der Waals surface area contributed by atoms with Gasteiger partial charge < -0.3 is 20.7 Å². The van der Waals surface area contributed by atoms with Gasteiger partial charge in [0.2, 0.25) is 0 Å². The summed E-state index contributed by atoms with van der Waals surface area (Å²) in [6.45, 7) is 2.90. The highest BCUT2D eigenvalue weighted by Gasteiger charge is 2.45. The lowest BCUT2D eigenvalue weighted by Gasteiger charge is -2.20. The number of carbonyl (C=O) groups is 2. The fourth-order valence-corrected chi connectivity index (χ4v) is 1.74. The Bertz CT molecular complexity index is 296. The molecule has 2 aliphatic heterocycles. The Hall–Kier alpha value is -1.50. The van der Waals surface area contributed by atoms with E-state index in [9.17, 15) is 9.59 Å². The van der Waals surface area contributed by atoms with Crippen LogP contribution in [0.15, 0.2) is 0 Å². The van der Waals surface area contributed by atoms with Crippen molar-refractivity contribution in [2.75, 3.05) is 13.3 Å². The van der Waals surface area contributed by atoms with Crippen molar-refractivity contribution in [3.8, 4) is 0 Å². The average molecular weight is 228 g/mol. The van der Waals surface area contributed by atoms with Crippen LogP contribution in [0.1, 0.15) is 19.8 Å². The summed E-state index contributed by atoms with van der Waals surface area (Å²) >= 11 is 0. The van der Waals surface area contributed by atoms with Crippen LogP contribution < -0.4 is 16.0 Å². The maximum Gasteiger partial charge on any atom is 0.322 e. The molecule has 0 aliphatic carbocycles. The largest absolute Gasteiger partial charge is 0.361 e. The van der Waals surface area contributed by atoms with Crippen molar-refractivity contribution in [3.05, 3.63) is 0 Å². The number of carbonyl (C=O) groups excluding carboxylic acids is 2. The van der Waals surface area contributed by atoms with Crippen LogP contribution in [-0.2, 0) is 4.74 Å². The predicted molar refractivity (Wildman–Crippen MR) is 55.3 cm³/mol. The van der Waals surface area contributed by atoms with Crippen LogP contribution in [0.3, 0.4) is 0 Å². The second-order valence-corrected chi connectivity index (χ2v) is 3.85. The lowest BCUT2D eigenvalue weighted by Crippen LogP contribution is -2.44. The first-order valence-electron chi connectivity index (χ1n) is 5.44. The topological polar surface area (TPSA) is 82.7 Å². The molecule has 3 N–H and O–H groups in total. The van der Waals surface area contributed by atoms with E-state index in [1.54, 1.807) is 0 Å². The SMILES string of the molecule is CCCCOCN1C(=O)NC2NC(=O)NC21. The number of urea groups is 2. The Morgan fingerprint density at radius 3 is 2.88 bits per heavy atom. The number of rotatable bonds is 5. The van der Waals surface area contributed by atoms with Gasteiger partial charge in [-0.05, 0) is 6.42 Å². The molecule has 0 aromatic rings. The third-order valence-corrected chi connectivity index (χ3v) is 2.63. The number of ether oxygens (including phenoxy) is 1. The predicted octanol–water partition coefficient (Wildman–Crippen LogP) is -0.249. The zero-order valence-corrected chi connectivity index (χ0v) is 9.16. The second-order valence-electron chi connectivity index (χ2n) is 3.85. The van der Waals surface area contributed by atoms with Crippen molar-refractivity contribution < 1.29 is 14.3 Å². The Labute approximate surface area is 93.5 Å². The minimum absolute atomic E-state index is 0.203. The maximum absolute atomic E-state index is 11.5. The Kier molecular flexibility index (Phi) is 3.14. The zero-order valence-electron chi connectivity index (χ0n) is 9.16. The summed E-state index contributed by atoms with van der Waals surface area (Å²) in [6, 6.07) is -0.493. The van der Waals surface area contributed by atoms with Gasteiger partial charge in [0.25, 0.3) is 0 Å². The molecule has 2 rings (SSSR count). The van der Waals surface area contributed by atoms with E-state index >= 15 is 0 Å². The molecule has 2 saturated heterocycles. The fraction of sp³-hybridized carbons (Fsp3) is 0.778. The van der Waals surface area contributed by atoms with Crippen LogP contribution in [0.5, 0.6) is 0 Å². The molecule has 2 unspecified atom stereocenters. The fourth-order valence-electron chi connectivity index (χ4n) is 1.74. The van der Waals surface area contributed by atoms with E-state index < -0.39 is 0 Å². The number of unbranched alkanes of at least 4 members (excludes halogenated alkanes) is 1. The number of hydrogen-bond acceptors (Lipinski definition) is 3. The first-order chi connectivity index (χ1) is 7.72. The smallest absolute Gasteiger partial charge is 0.322 e. The molecule has 2 atom stereocenters. The van der Waals surface area contributed by atoms with Crippen LogP contribution in [0.2, 0.25) is 0 Å². The number of nitrogens with one attached hydrogen (secondary N) is 3. The van der Waals surface area contributed by atoms with E-state index in [-0.39, 0.29) is 31.1 Å². The number of nitrogens with zero attached hydrogens (tertiary/aromatic N) is 1. The Morgan fingerprint density at radius 2 is 2.12 bits per heavy atom. The van der Waals surface area contributed by atoms with Crippen molar-refractivity contribution >= 4 is 12.1 Å². The summed E-state index contributed by atoms with van der Waals surface area (Å²) in [6.07, 6.45) is 1.32. The van der Waals surface area contributed by atoms with Gasteiger partial charge >= 0.3 is 12.1 Å². The molecule has 0 radical (unpaired) electrons. The van der Waals surface area contributed by atoms with Gasteiger partial charge in [0, 0.05) is 6.61 Å². The molecule has 2 aliphatic rings. The van der Waals surface area contributed by atoms with Gasteiger partial charge in [-0.25, -0.2) is 9.59 Å². The standard InChI is InChI=1S/C9H16N4O3/c1-2-3-4-16-5-13-7-6(11-9(13)15)10-8(14)12-7/h6-7H,2-5H2,1H3,(H,11,15)(H2,10,12,14). The van der Waals surface area contributed by atoms with Gasteiger partial charge in [-0.2, -0.15) is 0 Å². The summed E-state index contributed by atoms with van der Waals surface area (Å²) in [7, 11) is 0. The second kappa shape index (κ2) is 4.56. The van der Waals surface area contributed by atoms with Crippen molar-refractivity contribution in [2.45, 2.75) is 32.1 Å². The van der Waals surface area contributed by atoms with Gasteiger partial charge in [0.05, 0.1) is 0 Å². The summed E-state index contributed by atoms with van der Waals surface area (Å²) in [5, 5.41) is 7.90. The third kappa shape index (κ3) is 2.04. The number of hydrogen-bond donors (Lipinski definition) is 3. The molecule has 0 aromatic carbocycles. The number of fused-ring (bicyclic) bond motifs is 1. The van der Waals surface area contributed by atoms with Crippen LogP contribution in [0.25, 0.3) is 0 Å². The van der Waals surface area contributed by atoms with Crippen LogP contribution in [0, 0.1) is 0 Å². The van der Waals surface area contributed by atoms with Crippen molar-refractivity contribution in [2.24, 2.45) is 0 Å². The summed E-state index contributed by atoms with van der Waals surface area (Å²) in [5.74, 6) is 0. The molecule has 0 aromatic heterocycles. The molecule has 0 bridgehead atoms. The summed E-state index contributed by atoms with van der Waals surface area (Å²) in [5.41, 5.74) is 0. The molecule has 4 amide bonds. The van der Waals surface area contributed by atoms with Gasteiger partial charge in [-0.15, -0.1) is 0 Å². The van der Waals surface area contributed by atoms with E-state index in [4.69, 9.17) is 4.74 Å². The molecule has 0 spiro atoms. The van der Waals surface area contributed by atoms with Gasteiger partial charge in [-0.1, -0.05) is 13.3 Å². The molecular formula is C9H16N4O3. The monoisotopic (exact) mass is 228 g/mol. The van der Waals surface area contributed by atoms with Crippen molar-refractivity contribution in [3.63, 3.8) is 0 Å². The Morgan fingerprint density at radius 1 is 1.31 bits per heavy atom. The summed E-state index contributed by atoms with van der Waals surface area (Å²) in [4.78, 5) is 24.0. The third-order valence-electron chi connectivity index (χ3n) is 2.63. The van der Waals surface area contributed by atoms with E-state index in [0.717, 1.165) is 12.8 Å². The highest BCUT2D eigenvalue weighted by Crippen LogP contribution is 2.13. The molecule has 90 valence electrons. The minimum atomic E-state index is -0.352. The molecule has 2 fully saturated rings. The minimum Gasteiger partial charge on any atom is -0.361 e. The van der Waals surface area contributed by atoms with E-state index in [1.807, 2.05) is 0 Å². The molecule has 16 heavy (non-hydrogen) atoms. The normalized spacial score (nSPS) is 27.4. The van der Waals surface area contributed by atoms with E-state index in [0.29, 0.717) is 6.61 Å². The molecule has 7 nitrogen and oxygen atoms in total. The lowest BCUT2D eigenvalue weighted by molar-refractivity contribution is 0.0354. The first kappa shape index (κ1) is 11.0. The van der Waals surface area contributed by atoms with E-state index in [2.05, 4.69) is 22.9 Å². The van der Waals surface area contributed by atoms with Crippen molar-refractivity contribution in [1.29, 1.82) is 0 Å². The van der Waals surface area contributed by atoms with Crippen LogP contribution >= 0.6 is 0 Å². The summed E-state index contributed by atoms with van der Waals surface area (Å²) < 4.78 is 5.36. The molecule has 0 saturated carbocycles. The maximum atomic E-state index is 11.5. The average Bonchev–Trinajstić information content (AvgIpc) is 2.70. The molecular weight excluding hydrogens is 212 g/mol. The zero-order chi connectivity index (χ0) is 11.5. The lowest BCUT2D eigenvalue weighted by atomic mass is 10.4. The van der Waals surface area contributed by atoms with Crippen LogP contribution in [0.4, 0.5) is 9.59 Å². The van der Waals surface area contributed by atoms with Crippen LogP contribution in [-0.4, -0.2) is 42.6 Å². The van der Waals surface area contributed by atoms with Gasteiger partial charge in [-0.3, -0.25) is 4.90 Å². The van der Waals surface area contributed by atoms with E-state index in [1.165, 1.54) is 4.90 Å². The highest BCUT2D eigenvalue weighted by molar-refractivity contribution is 5.84. The Balaban J connectivity index is 1.83. The number of amides is 4. The quantitative estimate of drug-likeness (QED) is 0.567. The highest BCUT2D eigenvalue weighted by atomic mass is 16.5. The first-order valence-corrected chi connectivity index (χ1v) is 5.44. The van der Waals surface area contributed by atoms with Gasteiger partial charge in [0.1, 0.15) is 19.1 Å². The molecule has 2 heterocycles. The molecule has 7 heteroatoms. The van der Waals surface area contributed by atoms with Crippen molar-refractivity contribution in [1.82, 2.24) is 20.9 Å². The van der Waals surface area contributed by atoms with Gasteiger partial charge in [0.15, 0.2) is 0 Å².